The molecule has 0 aliphatic carbocycles. The van der Waals surface area contributed by atoms with Crippen molar-refractivity contribution < 1.29 is 13.9 Å². The number of benzene rings is 1. The predicted octanol–water partition coefficient (Wildman–Crippen LogP) is 3.12. The number of aryl methyl sites for hydroxylation is 1. The van der Waals surface area contributed by atoms with Crippen molar-refractivity contribution >= 4 is 0 Å². The SMILES string of the molecule is CCn1ccnc1CC(O)c1ccc(C(F)F)cc1. The summed E-state index contributed by atoms with van der Waals surface area (Å²) in [6.45, 7) is 2.78. The standard InChI is InChI=1S/C14H16F2N2O/c1-2-18-8-7-17-13(18)9-12(19)10-3-5-11(6-4-10)14(15)16/h3-8,12,14,19H,2,9H2,1H3. The van der Waals surface area contributed by atoms with Crippen LogP contribution in [0, 0.1) is 0 Å². The third-order valence-corrected chi connectivity index (χ3v) is 3.09. The van der Waals surface area contributed by atoms with Crippen LogP contribution in [0.3, 0.4) is 0 Å². The first kappa shape index (κ1) is 13.7. The van der Waals surface area contributed by atoms with Crippen molar-refractivity contribution in [3.05, 3.63) is 53.6 Å². The summed E-state index contributed by atoms with van der Waals surface area (Å²) in [5.74, 6) is 0.785. The zero-order valence-corrected chi connectivity index (χ0v) is 10.6. The lowest BCUT2D eigenvalue weighted by molar-refractivity contribution is 0.150. The average molecular weight is 266 g/mol. The van der Waals surface area contributed by atoms with Crippen molar-refractivity contribution in [2.24, 2.45) is 0 Å². The number of imidazole rings is 1. The van der Waals surface area contributed by atoms with E-state index in [1.54, 1.807) is 6.20 Å². The van der Waals surface area contributed by atoms with Crippen LogP contribution in [0.25, 0.3) is 0 Å². The second-order valence-corrected chi connectivity index (χ2v) is 4.32. The molecule has 0 saturated heterocycles. The summed E-state index contributed by atoms with van der Waals surface area (Å²) in [4.78, 5) is 4.18. The van der Waals surface area contributed by atoms with E-state index in [0.717, 1.165) is 12.4 Å². The third kappa shape index (κ3) is 3.17. The van der Waals surface area contributed by atoms with Gasteiger partial charge in [0.05, 0.1) is 6.10 Å². The highest BCUT2D eigenvalue weighted by Crippen LogP contribution is 2.22. The van der Waals surface area contributed by atoms with E-state index in [-0.39, 0.29) is 5.56 Å². The van der Waals surface area contributed by atoms with E-state index in [2.05, 4.69) is 4.98 Å². The normalized spacial score (nSPS) is 12.9. The van der Waals surface area contributed by atoms with Gasteiger partial charge in [-0.05, 0) is 12.5 Å². The van der Waals surface area contributed by atoms with E-state index in [9.17, 15) is 13.9 Å². The van der Waals surface area contributed by atoms with Crippen LogP contribution in [0.1, 0.15) is 36.4 Å². The van der Waals surface area contributed by atoms with E-state index < -0.39 is 12.5 Å². The lowest BCUT2D eigenvalue weighted by Crippen LogP contribution is -2.08. The Morgan fingerprint density at radius 2 is 1.84 bits per heavy atom. The van der Waals surface area contributed by atoms with Crippen molar-refractivity contribution in [3.63, 3.8) is 0 Å². The minimum absolute atomic E-state index is 0.0361. The fraction of sp³-hybridized carbons (Fsp3) is 0.357. The fourth-order valence-corrected chi connectivity index (χ4v) is 1.97. The molecule has 1 N–H and O–H groups in total. The Balaban J connectivity index is 2.09. The molecule has 1 atom stereocenters. The molecule has 0 spiro atoms. The van der Waals surface area contributed by atoms with Gasteiger partial charge in [0.2, 0.25) is 0 Å². The van der Waals surface area contributed by atoms with E-state index in [1.165, 1.54) is 24.3 Å². The molecule has 19 heavy (non-hydrogen) atoms. The van der Waals surface area contributed by atoms with Crippen molar-refractivity contribution in [2.75, 3.05) is 0 Å². The van der Waals surface area contributed by atoms with Gasteiger partial charge in [-0.2, -0.15) is 0 Å². The first-order chi connectivity index (χ1) is 9.11. The zero-order valence-electron chi connectivity index (χ0n) is 10.6. The maximum atomic E-state index is 12.4. The lowest BCUT2D eigenvalue weighted by Gasteiger charge is -2.12. The van der Waals surface area contributed by atoms with Gasteiger partial charge in [0.15, 0.2) is 0 Å². The van der Waals surface area contributed by atoms with Gasteiger partial charge >= 0.3 is 0 Å². The van der Waals surface area contributed by atoms with Gasteiger partial charge in [-0.1, -0.05) is 24.3 Å². The molecule has 1 unspecified atom stereocenters. The Morgan fingerprint density at radius 1 is 1.21 bits per heavy atom. The molecule has 102 valence electrons. The van der Waals surface area contributed by atoms with Gasteiger partial charge in [0, 0.05) is 30.9 Å². The molecule has 3 nitrogen and oxygen atoms in total. The summed E-state index contributed by atoms with van der Waals surface area (Å²) in [6, 6.07) is 5.75. The first-order valence-electron chi connectivity index (χ1n) is 6.18. The number of rotatable bonds is 5. The van der Waals surface area contributed by atoms with Gasteiger partial charge in [0.25, 0.3) is 6.43 Å². The molecule has 0 saturated carbocycles. The summed E-state index contributed by atoms with van der Waals surface area (Å²) in [7, 11) is 0. The number of aromatic nitrogens is 2. The molecule has 0 aliphatic rings. The van der Waals surface area contributed by atoms with Gasteiger partial charge in [-0.25, -0.2) is 13.8 Å². The summed E-state index contributed by atoms with van der Waals surface area (Å²) in [6.07, 6.45) is 0.687. The lowest BCUT2D eigenvalue weighted by atomic mass is 10.0. The quantitative estimate of drug-likeness (QED) is 0.903. The summed E-state index contributed by atoms with van der Waals surface area (Å²) in [5, 5.41) is 10.1. The molecular formula is C14H16F2N2O. The Bertz CT molecular complexity index is 522. The maximum Gasteiger partial charge on any atom is 0.263 e. The molecule has 1 aromatic carbocycles. The molecule has 0 bridgehead atoms. The van der Waals surface area contributed by atoms with Crippen LogP contribution < -0.4 is 0 Å². The van der Waals surface area contributed by atoms with Gasteiger partial charge in [-0.3, -0.25) is 0 Å². The van der Waals surface area contributed by atoms with Gasteiger partial charge in [0.1, 0.15) is 5.82 Å². The molecule has 0 radical (unpaired) electrons. The second kappa shape index (κ2) is 5.93. The van der Waals surface area contributed by atoms with Crippen LogP contribution >= 0.6 is 0 Å². The second-order valence-electron chi connectivity index (χ2n) is 4.32. The molecule has 1 heterocycles. The van der Waals surface area contributed by atoms with Crippen LogP contribution in [0.2, 0.25) is 0 Å². The number of hydrogen-bond donors (Lipinski definition) is 1. The Morgan fingerprint density at radius 3 is 2.42 bits per heavy atom. The zero-order chi connectivity index (χ0) is 13.8. The Kier molecular flexibility index (Phi) is 4.27. The number of alkyl halides is 2. The molecule has 0 fully saturated rings. The van der Waals surface area contributed by atoms with Gasteiger partial charge in [-0.15, -0.1) is 0 Å². The third-order valence-electron chi connectivity index (χ3n) is 3.09. The van der Waals surface area contributed by atoms with E-state index >= 15 is 0 Å². The fourth-order valence-electron chi connectivity index (χ4n) is 1.97. The highest BCUT2D eigenvalue weighted by atomic mass is 19.3. The average Bonchev–Trinajstić information content (AvgIpc) is 2.86. The highest BCUT2D eigenvalue weighted by molar-refractivity contribution is 5.25. The Hall–Kier alpha value is -1.75. The largest absolute Gasteiger partial charge is 0.388 e. The van der Waals surface area contributed by atoms with Crippen LogP contribution in [-0.4, -0.2) is 14.7 Å². The van der Waals surface area contributed by atoms with Crippen molar-refractivity contribution in [3.8, 4) is 0 Å². The summed E-state index contributed by atoms with van der Waals surface area (Å²) < 4.78 is 26.8. The topological polar surface area (TPSA) is 38.0 Å². The number of nitrogens with zero attached hydrogens (tertiary/aromatic N) is 2. The molecule has 0 amide bonds. The molecule has 2 rings (SSSR count). The smallest absolute Gasteiger partial charge is 0.263 e. The Labute approximate surface area is 110 Å². The molecule has 1 aromatic heterocycles. The molecule has 5 heteroatoms. The molecule has 0 aliphatic heterocycles. The number of aliphatic hydroxyl groups is 1. The first-order valence-corrected chi connectivity index (χ1v) is 6.18. The number of hydrogen-bond acceptors (Lipinski definition) is 2. The highest BCUT2D eigenvalue weighted by Gasteiger charge is 2.13. The minimum Gasteiger partial charge on any atom is -0.388 e. The van der Waals surface area contributed by atoms with Crippen LogP contribution in [0.5, 0.6) is 0 Å². The van der Waals surface area contributed by atoms with Crippen LogP contribution in [0.4, 0.5) is 8.78 Å². The summed E-state index contributed by atoms with van der Waals surface area (Å²) in [5.41, 5.74) is 0.584. The van der Waals surface area contributed by atoms with Crippen LogP contribution in [-0.2, 0) is 13.0 Å². The molecule has 2 aromatic rings. The molecular weight excluding hydrogens is 250 g/mol. The number of aliphatic hydroxyl groups excluding tert-OH is 1. The van der Waals surface area contributed by atoms with Crippen LogP contribution in [0.15, 0.2) is 36.7 Å². The number of halogens is 2. The van der Waals surface area contributed by atoms with E-state index in [0.29, 0.717) is 12.0 Å². The van der Waals surface area contributed by atoms with Crippen molar-refractivity contribution in [1.82, 2.24) is 9.55 Å². The predicted molar refractivity (Wildman–Crippen MR) is 68.0 cm³/mol. The van der Waals surface area contributed by atoms with E-state index in [1.807, 2.05) is 17.7 Å². The van der Waals surface area contributed by atoms with Crippen molar-refractivity contribution in [1.29, 1.82) is 0 Å². The monoisotopic (exact) mass is 266 g/mol. The van der Waals surface area contributed by atoms with E-state index in [4.69, 9.17) is 0 Å². The van der Waals surface area contributed by atoms with Gasteiger partial charge < -0.3 is 9.67 Å². The summed E-state index contributed by atoms with van der Waals surface area (Å²) >= 11 is 0. The minimum atomic E-state index is -2.48. The van der Waals surface area contributed by atoms with Crippen molar-refractivity contribution in [2.45, 2.75) is 32.4 Å². The maximum absolute atomic E-state index is 12.4.